The van der Waals surface area contributed by atoms with Gasteiger partial charge in [0.25, 0.3) is 6.43 Å². The van der Waals surface area contributed by atoms with Crippen molar-refractivity contribution in [1.29, 1.82) is 5.26 Å². The lowest BCUT2D eigenvalue weighted by Crippen LogP contribution is -2.05. The second-order valence-corrected chi connectivity index (χ2v) is 2.76. The third-order valence-corrected chi connectivity index (χ3v) is 1.58. The Morgan fingerprint density at radius 1 is 1.60 bits per heavy atom. The van der Waals surface area contributed by atoms with E-state index in [9.17, 15) is 13.6 Å². The monoisotopic (exact) mass is 212 g/mol. The number of aromatic nitrogens is 1. The number of nitrogens with zero attached hydrogens (tertiary/aromatic N) is 2. The lowest BCUT2D eigenvalue weighted by atomic mass is 10.1. The molecular weight excluding hydrogens is 206 g/mol. The molecule has 0 saturated heterocycles. The van der Waals surface area contributed by atoms with Crippen molar-refractivity contribution in [3.63, 3.8) is 0 Å². The van der Waals surface area contributed by atoms with Crippen LogP contribution in [0.25, 0.3) is 0 Å². The van der Waals surface area contributed by atoms with E-state index in [1.54, 1.807) is 6.07 Å². The molecule has 0 bridgehead atoms. The molecule has 0 aliphatic rings. The van der Waals surface area contributed by atoms with Crippen LogP contribution in [0.1, 0.15) is 23.4 Å². The number of rotatable bonds is 3. The summed E-state index contributed by atoms with van der Waals surface area (Å²) in [5.74, 6) is -1.18. The molecule has 0 fully saturated rings. The highest BCUT2D eigenvalue weighted by Crippen LogP contribution is 2.18. The third kappa shape index (κ3) is 2.98. The Bertz CT molecular complexity index is 427. The average molecular weight is 212 g/mol. The second kappa shape index (κ2) is 4.46. The van der Waals surface area contributed by atoms with Gasteiger partial charge in [0.05, 0.1) is 23.7 Å². The lowest BCUT2D eigenvalue weighted by molar-refractivity contribution is -0.136. The minimum absolute atomic E-state index is 0.0171. The van der Waals surface area contributed by atoms with E-state index >= 15 is 0 Å². The highest BCUT2D eigenvalue weighted by Gasteiger charge is 2.13. The molecule has 0 unspecified atom stereocenters. The van der Waals surface area contributed by atoms with Crippen molar-refractivity contribution in [2.24, 2.45) is 0 Å². The summed E-state index contributed by atoms with van der Waals surface area (Å²) >= 11 is 0. The van der Waals surface area contributed by atoms with E-state index < -0.39 is 24.5 Å². The Morgan fingerprint density at radius 2 is 2.27 bits per heavy atom. The van der Waals surface area contributed by atoms with Gasteiger partial charge in [-0.2, -0.15) is 5.26 Å². The normalized spacial score (nSPS) is 10.0. The van der Waals surface area contributed by atoms with E-state index in [0.717, 1.165) is 6.07 Å². The van der Waals surface area contributed by atoms with Crippen LogP contribution in [0.15, 0.2) is 12.1 Å². The average Bonchev–Trinajstić information content (AvgIpc) is 2.16. The second-order valence-electron chi connectivity index (χ2n) is 2.76. The molecule has 1 N–H and O–H groups in total. The fourth-order valence-corrected chi connectivity index (χ4v) is 1.03. The number of pyridine rings is 1. The van der Waals surface area contributed by atoms with E-state index in [-0.39, 0.29) is 11.3 Å². The minimum Gasteiger partial charge on any atom is -0.481 e. The maximum absolute atomic E-state index is 12.3. The van der Waals surface area contributed by atoms with Gasteiger partial charge in [-0.25, -0.2) is 8.78 Å². The predicted octanol–water partition coefficient (Wildman–Crippen LogP) is 1.52. The molecule has 1 rings (SSSR count). The Morgan fingerprint density at radius 3 is 2.73 bits per heavy atom. The number of hydrogen-bond donors (Lipinski definition) is 1. The first-order valence-electron chi connectivity index (χ1n) is 3.94. The van der Waals surface area contributed by atoms with Gasteiger partial charge in [0.2, 0.25) is 0 Å². The number of carboxylic acid groups (broad SMARTS) is 1. The first-order valence-corrected chi connectivity index (χ1v) is 3.94. The SMILES string of the molecule is N#Cc1cc(CC(=O)O)nc(C(F)F)c1. The van der Waals surface area contributed by atoms with Crippen LogP contribution in [0, 0.1) is 11.3 Å². The summed E-state index contributed by atoms with van der Waals surface area (Å²) < 4.78 is 24.6. The van der Waals surface area contributed by atoms with Crippen LogP contribution in [0.3, 0.4) is 0 Å². The zero-order chi connectivity index (χ0) is 11.4. The lowest BCUT2D eigenvalue weighted by Gasteiger charge is -2.02. The van der Waals surface area contributed by atoms with Crippen molar-refractivity contribution < 1.29 is 18.7 Å². The van der Waals surface area contributed by atoms with Crippen molar-refractivity contribution >= 4 is 5.97 Å². The van der Waals surface area contributed by atoms with Crippen LogP contribution in [0.4, 0.5) is 8.78 Å². The summed E-state index contributed by atoms with van der Waals surface area (Å²) in [5.41, 5.74) is -0.640. The molecule has 0 aromatic carbocycles. The fraction of sp³-hybridized carbons (Fsp3) is 0.222. The smallest absolute Gasteiger partial charge is 0.309 e. The minimum atomic E-state index is -2.81. The van der Waals surface area contributed by atoms with E-state index in [2.05, 4.69) is 4.98 Å². The van der Waals surface area contributed by atoms with Gasteiger partial charge in [0.15, 0.2) is 0 Å². The van der Waals surface area contributed by atoms with Crippen LogP contribution >= 0.6 is 0 Å². The Labute approximate surface area is 83.8 Å². The first kappa shape index (κ1) is 11.0. The van der Waals surface area contributed by atoms with Crippen molar-refractivity contribution in [1.82, 2.24) is 4.98 Å². The summed E-state index contributed by atoms with van der Waals surface area (Å²) in [7, 11) is 0. The quantitative estimate of drug-likeness (QED) is 0.824. The van der Waals surface area contributed by atoms with E-state index in [1.165, 1.54) is 6.07 Å². The van der Waals surface area contributed by atoms with Gasteiger partial charge in [-0.15, -0.1) is 0 Å². The number of halogens is 2. The molecule has 0 aliphatic carbocycles. The molecule has 1 aromatic heterocycles. The molecule has 0 spiro atoms. The summed E-state index contributed by atoms with van der Waals surface area (Å²) in [4.78, 5) is 13.8. The van der Waals surface area contributed by atoms with Gasteiger partial charge in [-0.3, -0.25) is 9.78 Å². The summed E-state index contributed by atoms with van der Waals surface area (Å²) in [5, 5.41) is 17.0. The van der Waals surface area contributed by atoms with Gasteiger partial charge < -0.3 is 5.11 Å². The molecular formula is C9H6F2N2O2. The molecule has 0 saturated carbocycles. The molecule has 15 heavy (non-hydrogen) atoms. The van der Waals surface area contributed by atoms with E-state index in [0.29, 0.717) is 0 Å². The summed E-state index contributed by atoms with van der Waals surface area (Å²) in [6.07, 6.45) is -3.29. The zero-order valence-corrected chi connectivity index (χ0v) is 7.44. The largest absolute Gasteiger partial charge is 0.481 e. The first-order chi connectivity index (χ1) is 7.02. The van der Waals surface area contributed by atoms with Gasteiger partial charge in [-0.05, 0) is 12.1 Å². The van der Waals surface area contributed by atoms with Crippen LogP contribution in [0.2, 0.25) is 0 Å². The third-order valence-electron chi connectivity index (χ3n) is 1.58. The van der Waals surface area contributed by atoms with E-state index in [1.807, 2.05) is 0 Å². The molecule has 0 radical (unpaired) electrons. The van der Waals surface area contributed by atoms with Gasteiger partial charge in [0.1, 0.15) is 5.69 Å². The van der Waals surface area contributed by atoms with Crippen LogP contribution in [-0.4, -0.2) is 16.1 Å². The molecule has 1 heterocycles. The fourth-order valence-electron chi connectivity index (χ4n) is 1.03. The van der Waals surface area contributed by atoms with Gasteiger partial charge in [-0.1, -0.05) is 0 Å². The van der Waals surface area contributed by atoms with Crippen molar-refractivity contribution in [3.05, 3.63) is 29.1 Å². The highest BCUT2D eigenvalue weighted by molar-refractivity contribution is 5.69. The van der Waals surface area contributed by atoms with Crippen LogP contribution < -0.4 is 0 Å². The topological polar surface area (TPSA) is 74.0 Å². The molecule has 78 valence electrons. The molecule has 0 amide bonds. The Kier molecular flexibility index (Phi) is 3.29. The Balaban J connectivity index is 3.12. The van der Waals surface area contributed by atoms with Gasteiger partial charge >= 0.3 is 5.97 Å². The number of alkyl halides is 2. The van der Waals surface area contributed by atoms with Gasteiger partial charge in [0, 0.05) is 0 Å². The summed E-state index contributed by atoms with van der Waals surface area (Å²) in [6.45, 7) is 0. The van der Waals surface area contributed by atoms with Crippen molar-refractivity contribution in [2.45, 2.75) is 12.8 Å². The molecule has 0 atom stereocenters. The van der Waals surface area contributed by atoms with Crippen molar-refractivity contribution in [3.8, 4) is 6.07 Å². The number of nitriles is 1. The maximum Gasteiger partial charge on any atom is 0.309 e. The van der Waals surface area contributed by atoms with Crippen LogP contribution in [-0.2, 0) is 11.2 Å². The number of hydrogen-bond acceptors (Lipinski definition) is 3. The van der Waals surface area contributed by atoms with Crippen LogP contribution in [0.5, 0.6) is 0 Å². The number of carbonyl (C=O) groups is 1. The Hall–Kier alpha value is -2.03. The predicted molar refractivity (Wildman–Crippen MR) is 45.2 cm³/mol. The highest BCUT2D eigenvalue weighted by atomic mass is 19.3. The van der Waals surface area contributed by atoms with Crippen molar-refractivity contribution in [2.75, 3.05) is 0 Å². The maximum atomic E-state index is 12.3. The summed E-state index contributed by atoms with van der Waals surface area (Å²) in [6, 6.07) is 3.79. The number of aliphatic carboxylic acids is 1. The molecule has 1 aromatic rings. The van der Waals surface area contributed by atoms with E-state index in [4.69, 9.17) is 10.4 Å². The molecule has 0 aliphatic heterocycles. The molecule has 6 heteroatoms. The molecule has 4 nitrogen and oxygen atoms in total. The zero-order valence-electron chi connectivity index (χ0n) is 7.44. The standard InChI is InChI=1S/C9H6F2N2O2/c10-9(11)7-2-5(4-12)1-6(13-7)3-8(14)15/h1-2,9H,3H2,(H,14,15). The number of carboxylic acids is 1.